The molecule has 0 aromatic carbocycles. The van der Waals surface area contributed by atoms with Crippen LogP contribution < -0.4 is 5.73 Å². The van der Waals surface area contributed by atoms with E-state index >= 15 is 0 Å². The summed E-state index contributed by atoms with van der Waals surface area (Å²) in [7, 11) is 0. The first kappa shape index (κ1) is 8.28. The van der Waals surface area contributed by atoms with Crippen LogP contribution in [0.1, 0.15) is 51.4 Å². The summed E-state index contributed by atoms with van der Waals surface area (Å²) >= 11 is 0. The smallest absolute Gasteiger partial charge is 0.0127 e. The van der Waals surface area contributed by atoms with Crippen LogP contribution in [-0.2, 0) is 0 Å². The van der Waals surface area contributed by atoms with Gasteiger partial charge in [-0.15, -0.1) is 0 Å². The number of hydrogen-bond acceptors (Lipinski definition) is 1. The first-order valence-corrected chi connectivity index (χ1v) is 6.08. The monoisotopic (exact) mass is 179 g/mol. The van der Waals surface area contributed by atoms with Crippen LogP contribution in [0.15, 0.2) is 0 Å². The molecule has 0 aliphatic heterocycles. The van der Waals surface area contributed by atoms with Gasteiger partial charge in [-0.05, 0) is 49.4 Å². The number of hydrogen-bond donors (Lipinski definition) is 1. The van der Waals surface area contributed by atoms with E-state index in [1.165, 1.54) is 51.4 Å². The van der Waals surface area contributed by atoms with Gasteiger partial charge in [0.1, 0.15) is 0 Å². The van der Waals surface area contributed by atoms with Crippen LogP contribution in [0.5, 0.6) is 0 Å². The van der Waals surface area contributed by atoms with E-state index in [1.54, 1.807) is 0 Å². The van der Waals surface area contributed by atoms with Crippen LogP contribution in [0.3, 0.4) is 0 Å². The first-order chi connectivity index (χ1) is 6.33. The normalized spacial score (nSPS) is 47.3. The van der Waals surface area contributed by atoms with Crippen molar-refractivity contribution in [3.05, 3.63) is 0 Å². The molecule has 3 unspecified atom stereocenters. The van der Waals surface area contributed by atoms with Gasteiger partial charge >= 0.3 is 0 Å². The van der Waals surface area contributed by atoms with E-state index in [9.17, 15) is 0 Å². The lowest BCUT2D eigenvalue weighted by atomic mass is 9.62. The molecule has 3 saturated carbocycles. The number of rotatable bonds is 0. The minimum atomic E-state index is 0.576. The molecular weight excluding hydrogens is 158 g/mol. The molecule has 0 aromatic heterocycles. The molecule has 3 atom stereocenters. The molecule has 13 heavy (non-hydrogen) atoms. The average molecular weight is 179 g/mol. The van der Waals surface area contributed by atoms with Crippen LogP contribution in [0.25, 0.3) is 0 Å². The first-order valence-electron chi connectivity index (χ1n) is 6.08. The van der Waals surface area contributed by atoms with Crippen LogP contribution in [-0.4, -0.2) is 6.04 Å². The molecule has 0 aromatic rings. The number of nitrogens with two attached hydrogens (primary N) is 1. The molecule has 0 saturated heterocycles. The van der Waals surface area contributed by atoms with Crippen molar-refractivity contribution in [2.45, 2.75) is 57.4 Å². The van der Waals surface area contributed by atoms with Crippen LogP contribution in [0, 0.1) is 17.3 Å². The zero-order valence-electron chi connectivity index (χ0n) is 8.47. The highest BCUT2D eigenvalue weighted by atomic mass is 14.8. The molecule has 1 heteroatoms. The van der Waals surface area contributed by atoms with Crippen molar-refractivity contribution in [2.75, 3.05) is 0 Å². The lowest BCUT2D eigenvalue weighted by molar-refractivity contribution is 0.0779. The molecule has 3 aliphatic rings. The Morgan fingerprint density at radius 2 is 1.77 bits per heavy atom. The standard InChI is InChI=1S/C12H21N/c13-11-9-4-5-10(8-9)12(11)6-2-1-3-7-12/h9-11H,1-8,13H2. The van der Waals surface area contributed by atoms with Gasteiger partial charge in [0.25, 0.3) is 0 Å². The van der Waals surface area contributed by atoms with Gasteiger partial charge in [-0.25, -0.2) is 0 Å². The third kappa shape index (κ3) is 0.971. The van der Waals surface area contributed by atoms with E-state index in [0.29, 0.717) is 11.5 Å². The highest BCUT2D eigenvalue weighted by Gasteiger charge is 2.55. The highest BCUT2D eigenvalue weighted by Crippen LogP contribution is 2.60. The van der Waals surface area contributed by atoms with Crippen LogP contribution in [0.4, 0.5) is 0 Å². The second-order valence-corrected chi connectivity index (χ2v) is 5.59. The fourth-order valence-corrected chi connectivity index (χ4v) is 4.56. The molecule has 2 N–H and O–H groups in total. The van der Waals surface area contributed by atoms with Gasteiger partial charge in [0.05, 0.1) is 0 Å². The van der Waals surface area contributed by atoms with Crippen molar-refractivity contribution < 1.29 is 0 Å². The largest absolute Gasteiger partial charge is 0.327 e. The van der Waals surface area contributed by atoms with E-state index in [4.69, 9.17) is 5.73 Å². The van der Waals surface area contributed by atoms with Gasteiger partial charge in [-0.2, -0.15) is 0 Å². The Bertz CT molecular complexity index is 201. The Kier molecular flexibility index (Phi) is 1.74. The zero-order valence-corrected chi connectivity index (χ0v) is 8.47. The molecule has 0 amide bonds. The van der Waals surface area contributed by atoms with Gasteiger partial charge in [-0.1, -0.05) is 19.3 Å². The maximum absolute atomic E-state index is 6.43. The number of fused-ring (bicyclic) bond motifs is 3. The molecule has 3 aliphatic carbocycles. The Morgan fingerprint density at radius 1 is 1.00 bits per heavy atom. The third-order valence-electron chi connectivity index (χ3n) is 5.24. The summed E-state index contributed by atoms with van der Waals surface area (Å²) in [5.74, 6) is 1.93. The zero-order chi connectivity index (χ0) is 8.89. The van der Waals surface area contributed by atoms with Gasteiger partial charge in [0.2, 0.25) is 0 Å². The second kappa shape index (κ2) is 2.73. The molecule has 0 heterocycles. The third-order valence-corrected chi connectivity index (χ3v) is 5.24. The van der Waals surface area contributed by atoms with E-state index in [1.807, 2.05) is 0 Å². The Hall–Kier alpha value is -0.0400. The van der Waals surface area contributed by atoms with Crippen molar-refractivity contribution >= 4 is 0 Å². The minimum Gasteiger partial charge on any atom is -0.327 e. The molecular formula is C12H21N. The Balaban J connectivity index is 1.88. The topological polar surface area (TPSA) is 26.0 Å². The van der Waals surface area contributed by atoms with E-state index in [0.717, 1.165) is 11.8 Å². The maximum atomic E-state index is 6.43. The fraction of sp³-hybridized carbons (Fsp3) is 1.00. The quantitative estimate of drug-likeness (QED) is 0.608. The average Bonchev–Trinajstić information content (AvgIpc) is 2.73. The predicted octanol–water partition coefficient (Wildman–Crippen LogP) is 2.69. The van der Waals surface area contributed by atoms with Crippen molar-refractivity contribution in [1.82, 2.24) is 0 Å². The van der Waals surface area contributed by atoms with Crippen molar-refractivity contribution in [3.63, 3.8) is 0 Å². The van der Waals surface area contributed by atoms with Crippen molar-refractivity contribution in [3.8, 4) is 0 Å². The lowest BCUT2D eigenvalue weighted by Crippen LogP contribution is -2.47. The fourth-order valence-electron chi connectivity index (χ4n) is 4.56. The van der Waals surface area contributed by atoms with Gasteiger partial charge in [0, 0.05) is 6.04 Å². The van der Waals surface area contributed by atoms with Crippen LogP contribution >= 0.6 is 0 Å². The summed E-state index contributed by atoms with van der Waals surface area (Å²) in [5.41, 5.74) is 7.06. The Labute approximate surface area is 81.1 Å². The van der Waals surface area contributed by atoms with Crippen LogP contribution in [0.2, 0.25) is 0 Å². The molecule has 3 rings (SSSR count). The van der Waals surface area contributed by atoms with Crippen molar-refractivity contribution in [1.29, 1.82) is 0 Å². The molecule has 74 valence electrons. The molecule has 0 radical (unpaired) electrons. The maximum Gasteiger partial charge on any atom is 0.0127 e. The summed E-state index contributed by atoms with van der Waals surface area (Å²) < 4.78 is 0. The minimum absolute atomic E-state index is 0.576. The summed E-state index contributed by atoms with van der Waals surface area (Å²) in [5, 5.41) is 0. The van der Waals surface area contributed by atoms with E-state index in [2.05, 4.69) is 0 Å². The SMILES string of the molecule is NC1C2CCC(C2)C12CCCCC2. The van der Waals surface area contributed by atoms with Gasteiger partial charge in [-0.3, -0.25) is 0 Å². The Morgan fingerprint density at radius 3 is 2.38 bits per heavy atom. The summed E-state index contributed by atoms with van der Waals surface area (Å²) in [6.45, 7) is 0. The molecule has 2 bridgehead atoms. The summed E-state index contributed by atoms with van der Waals surface area (Å²) in [4.78, 5) is 0. The second-order valence-electron chi connectivity index (χ2n) is 5.59. The molecule has 3 fully saturated rings. The van der Waals surface area contributed by atoms with Crippen molar-refractivity contribution in [2.24, 2.45) is 23.0 Å². The lowest BCUT2D eigenvalue weighted by Gasteiger charge is -2.45. The predicted molar refractivity (Wildman–Crippen MR) is 54.3 cm³/mol. The molecule has 1 spiro atoms. The van der Waals surface area contributed by atoms with E-state index < -0.39 is 0 Å². The van der Waals surface area contributed by atoms with Gasteiger partial charge in [0.15, 0.2) is 0 Å². The molecule has 1 nitrogen and oxygen atoms in total. The highest BCUT2D eigenvalue weighted by molar-refractivity contribution is 5.09. The summed E-state index contributed by atoms with van der Waals surface area (Å²) in [6, 6.07) is 0.576. The van der Waals surface area contributed by atoms with Gasteiger partial charge < -0.3 is 5.73 Å². The summed E-state index contributed by atoms with van der Waals surface area (Å²) in [6.07, 6.45) is 11.7. The van der Waals surface area contributed by atoms with E-state index in [-0.39, 0.29) is 0 Å².